The third-order valence-corrected chi connectivity index (χ3v) is 5.40. The molecule has 0 amide bonds. The molecule has 1 heterocycles. The van der Waals surface area contributed by atoms with Gasteiger partial charge in [0.25, 0.3) is 0 Å². The van der Waals surface area contributed by atoms with Crippen LogP contribution in [0.15, 0.2) is 23.0 Å². The fraction of sp³-hybridized carbons (Fsp3) is 0.588. The fourth-order valence-electron chi connectivity index (χ4n) is 3.79. The molecule has 1 fully saturated rings. The van der Waals surface area contributed by atoms with E-state index in [1.165, 1.54) is 32.1 Å². The molecule has 0 saturated heterocycles. The second-order valence-corrected chi connectivity index (χ2v) is 6.84. The van der Waals surface area contributed by atoms with Gasteiger partial charge in [0.1, 0.15) is 0 Å². The lowest BCUT2D eigenvalue weighted by Gasteiger charge is -2.39. The maximum Gasteiger partial charge on any atom is 0.328 e. The van der Waals surface area contributed by atoms with Crippen LogP contribution in [0.4, 0.5) is 0 Å². The van der Waals surface area contributed by atoms with E-state index in [1.54, 1.807) is 9.13 Å². The van der Waals surface area contributed by atoms with Gasteiger partial charge in [-0.05, 0) is 36.0 Å². The lowest BCUT2D eigenvalue weighted by molar-refractivity contribution is 0.170. The first-order chi connectivity index (χ1) is 9.94. The lowest BCUT2D eigenvalue weighted by atomic mass is 9.69. The van der Waals surface area contributed by atoms with E-state index < -0.39 is 0 Å². The average molecular weight is 287 g/mol. The van der Waals surface area contributed by atoms with Gasteiger partial charge >= 0.3 is 5.69 Å². The number of hydrogen-bond acceptors (Lipinski definition) is 2. The molecule has 2 N–H and O–H groups in total. The molecule has 0 spiro atoms. The summed E-state index contributed by atoms with van der Waals surface area (Å²) in [6, 6.07) is 6.25. The Labute approximate surface area is 125 Å². The zero-order valence-corrected chi connectivity index (χ0v) is 13.2. The van der Waals surface area contributed by atoms with E-state index in [2.05, 4.69) is 19.1 Å². The molecule has 1 aliphatic rings. The molecule has 2 aromatic rings. The zero-order valence-electron chi connectivity index (χ0n) is 13.2. The maximum atomic E-state index is 12.0. The van der Waals surface area contributed by atoms with E-state index in [1.807, 2.05) is 20.2 Å². The topological polar surface area (TPSA) is 53.0 Å². The molecular weight excluding hydrogens is 262 g/mol. The highest BCUT2D eigenvalue weighted by molar-refractivity contribution is 5.77. The molecule has 3 rings (SSSR count). The molecule has 0 radical (unpaired) electrons. The Balaban J connectivity index is 2.04. The summed E-state index contributed by atoms with van der Waals surface area (Å²) in [7, 11) is 3.63. The zero-order chi connectivity index (χ0) is 15.2. The SMILES string of the molecule is Cn1c(=O)n(C)c2cc(C(N)C3(C)CCCCC3)ccc21. The van der Waals surface area contributed by atoms with Crippen LogP contribution in [0.5, 0.6) is 0 Å². The number of nitrogens with zero attached hydrogens (tertiary/aromatic N) is 2. The van der Waals surface area contributed by atoms with Gasteiger partial charge in [-0.1, -0.05) is 32.3 Å². The highest BCUT2D eigenvalue weighted by Crippen LogP contribution is 2.44. The number of benzene rings is 1. The van der Waals surface area contributed by atoms with Crippen molar-refractivity contribution >= 4 is 11.0 Å². The molecule has 1 aromatic carbocycles. The molecule has 0 aliphatic heterocycles. The summed E-state index contributed by atoms with van der Waals surface area (Å²) in [5, 5.41) is 0. The smallest absolute Gasteiger partial charge is 0.323 e. The number of hydrogen-bond donors (Lipinski definition) is 1. The van der Waals surface area contributed by atoms with Gasteiger partial charge in [0.15, 0.2) is 0 Å². The molecule has 4 nitrogen and oxygen atoms in total. The Morgan fingerprint density at radius 1 is 1.10 bits per heavy atom. The minimum Gasteiger partial charge on any atom is -0.323 e. The Bertz CT molecular complexity index is 719. The molecule has 114 valence electrons. The van der Waals surface area contributed by atoms with Crippen LogP contribution in [0.2, 0.25) is 0 Å². The van der Waals surface area contributed by atoms with Crippen molar-refractivity contribution in [2.75, 3.05) is 0 Å². The number of rotatable bonds is 2. The lowest BCUT2D eigenvalue weighted by Crippen LogP contribution is -2.33. The predicted molar refractivity (Wildman–Crippen MR) is 86.3 cm³/mol. The summed E-state index contributed by atoms with van der Waals surface area (Å²) in [6.07, 6.45) is 6.26. The van der Waals surface area contributed by atoms with Crippen molar-refractivity contribution in [3.05, 3.63) is 34.2 Å². The summed E-state index contributed by atoms with van der Waals surface area (Å²) >= 11 is 0. The second kappa shape index (κ2) is 5.02. The highest BCUT2D eigenvalue weighted by Gasteiger charge is 2.34. The minimum atomic E-state index is 0.0135. The van der Waals surface area contributed by atoms with Crippen molar-refractivity contribution < 1.29 is 0 Å². The Morgan fingerprint density at radius 3 is 2.38 bits per heavy atom. The molecule has 1 aromatic heterocycles. The Kier molecular flexibility index (Phi) is 3.44. The van der Waals surface area contributed by atoms with Gasteiger partial charge in [0.2, 0.25) is 0 Å². The molecule has 1 atom stereocenters. The minimum absolute atomic E-state index is 0.0135. The van der Waals surface area contributed by atoms with Crippen molar-refractivity contribution in [3.8, 4) is 0 Å². The number of nitrogens with two attached hydrogens (primary N) is 1. The van der Waals surface area contributed by atoms with E-state index in [-0.39, 0.29) is 17.1 Å². The summed E-state index contributed by atoms with van der Waals surface area (Å²) in [5.41, 5.74) is 9.87. The Hall–Kier alpha value is -1.55. The third-order valence-electron chi connectivity index (χ3n) is 5.40. The molecule has 0 bridgehead atoms. The number of aryl methyl sites for hydroxylation is 2. The molecule has 4 heteroatoms. The molecule has 1 saturated carbocycles. The quantitative estimate of drug-likeness (QED) is 0.923. The van der Waals surface area contributed by atoms with Gasteiger partial charge in [-0.2, -0.15) is 0 Å². The van der Waals surface area contributed by atoms with E-state index in [0.717, 1.165) is 16.6 Å². The summed E-state index contributed by atoms with van der Waals surface area (Å²) in [6.45, 7) is 2.31. The number of aromatic nitrogens is 2. The first kappa shape index (κ1) is 14.4. The van der Waals surface area contributed by atoms with E-state index in [4.69, 9.17) is 5.73 Å². The van der Waals surface area contributed by atoms with E-state index >= 15 is 0 Å². The van der Waals surface area contributed by atoms with Crippen LogP contribution >= 0.6 is 0 Å². The summed E-state index contributed by atoms with van der Waals surface area (Å²) in [4.78, 5) is 12.0. The average Bonchev–Trinajstić information content (AvgIpc) is 2.72. The van der Waals surface area contributed by atoms with E-state index in [9.17, 15) is 4.79 Å². The van der Waals surface area contributed by atoms with Crippen molar-refractivity contribution in [1.82, 2.24) is 9.13 Å². The predicted octanol–water partition coefficient (Wildman–Crippen LogP) is 2.85. The van der Waals surface area contributed by atoms with Crippen LogP contribution < -0.4 is 11.4 Å². The van der Waals surface area contributed by atoms with Gasteiger partial charge < -0.3 is 5.73 Å². The van der Waals surface area contributed by atoms with Crippen molar-refractivity contribution in [2.45, 2.75) is 45.1 Å². The standard InChI is InChI=1S/C17H25N3O/c1-17(9-5-4-6-10-17)15(18)12-7-8-13-14(11-12)20(3)16(21)19(13)2/h7-8,11,15H,4-6,9-10,18H2,1-3H3. The van der Waals surface area contributed by atoms with Crippen LogP contribution in [0, 0.1) is 5.41 Å². The largest absolute Gasteiger partial charge is 0.328 e. The van der Waals surface area contributed by atoms with Gasteiger partial charge in [-0.25, -0.2) is 4.79 Å². The van der Waals surface area contributed by atoms with Gasteiger partial charge in [0.05, 0.1) is 11.0 Å². The fourth-order valence-corrected chi connectivity index (χ4v) is 3.79. The molecule has 1 unspecified atom stereocenters. The normalized spacial score (nSPS) is 19.8. The second-order valence-electron chi connectivity index (χ2n) is 6.84. The summed E-state index contributed by atoms with van der Waals surface area (Å²) in [5.74, 6) is 0. The number of fused-ring (bicyclic) bond motifs is 1. The maximum absolute atomic E-state index is 12.0. The highest BCUT2D eigenvalue weighted by atomic mass is 16.1. The van der Waals surface area contributed by atoms with Crippen LogP contribution in [-0.2, 0) is 14.1 Å². The summed E-state index contributed by atoms with van der Waals surface area (Å²) < 4.78 is 3.39. The molecular formula is C17H25N3O. The van der Waals surface area contributed by atoms with Crippen molar-refractivity contribution in [3.63, 3.8) is 0 Å². The third kappa shape index (κ3) is 2.22. The van der Waals surface area contributed by atoms with Crippen LogP contribution in [0.3, 0.4) is 0 Å². The monoisotopic (exact) mass is 287 g/mol. The van der Waals surface area contributed by atoms with Crippen molar-refractivity contribution in [2.24, 2.45) is 25.2 Å². The first-order valence-corrected chi connectivity index (χ1v) is 7.85. The van der Waals surface area contributed by atoms with Gasteiger partial charge in [0, 0.05) is 20.1 Å². The van der Waals surface area contributed by atoms with Crippen LogP contribution in [-0.4, -0.2) is 9.13 Å². The van der Waals surface area contributed by atoms with Crippen molar-refractivity contribution in [1.29, 1.82) is 0 Å². The Morgan fingerprint density at radius 2 is 1.71 bits per heavy atom. The van der Waals surface area contributed by atoms with Gasteiger partial charge in [-0.15, -0.1) is 0 Å². The molecule has 1 aliphatic carbocycles. The van der Waals surface area contributed by atoms with E-state index in [0.29, 0.717) is 0 Å². The van der Waals surface area contributed by atoms with Crippen LogP contribution in [0.25, 0.3) is 11.0 Å². The van der Waals surface area contributed by atoms with Gasteiger partial charge in [-0.3, -0.25) is 9.13 Å². The van der Waals surface area contributed by atoms with Crippen LogP contribution in [0.1, 0.15) is 50.6 Å². The first-order valence-electron chi connectivity index (χ1n) is 7.85. The number of imidazole rings is 1. The molecule has 21 heavy (non-hydrogen) atoms.